The van der Waals surface area contributed by atoms with E-state index >= 15 is 0 Å². The van der Waals surface area contributed by atoms with E-state index in [2.05, 4.69) is 4.98 Å². The molecule has 0 bridgehead atoms. The highest BCUT2D eigenvalue weighted by molar-refractivity contribution is 5.81. The number of nitrogen functional groups attached to an aromatic ring is 1. The first kappa shape index (κ1) is 15.8. The summed E-state index contributed by atoms with van der Waals surface area (Å²) < 4.78 is 0. The second kappa shape index (κ2) is 5.86. The van der Waals surface area contributed by atoms with Crippen LogP contribution in [0, 0.1) is 0 Å². The normalized spacial score (nSPS) is 27.7. The fourth-order valence-electron chi connectivity index (χ4n) is 3.46. The number of nitrogens with zero attached hydrogens (tertiary/aromatic N) is 3. The number of rotatable bonds is 4. The van der Waals surface area contributed by atoms with E-state index in [0.717, 1.165) is 12.8 Å². The van der Waals surface area contributed by atoms with Gasteiger partial charge in [0.2, 0.25) is 0 Å². The van der Waals surface area contributed by atoms with Crippen LogP contribution in [0.2, 0.25) is 0 Å². The molecule has 2 aliphatic heterocycles. The molecule has 3 heterocycles. The molecule has 2 aliphatic rings. The molecular formula is C15H22N4O4. The number of nitrogens with two attached hydrogens (primary N) is 1. The minimum atomic E-state index is -1.32. The lowest BCUT2D eigenvalue weighted by molar-refractivity contribution is -0.138. The van der Waals surface area contributed by atoms with Gasteiger partial charge in [-0.25, -0.2) is 9.78 Å². The van der Waals surface area contributed by atoms with Crippen molar-refractivity contribution in [3.63, 3.8) is 0 Å². The Kier molecular flexibility index (Phi) is 4.03. The third-order valence-electron chi connectivity index (χ3n) is 4.69. The molecule has 0 aromatic carbocycles. The standard InChI is InChI=1S/C15H22N4O4/c16-10-4-5-12(19-8-2-6-15(19,23)9-20)17-13(10)18-7-1-3-11(18)14(21)22/h4-5,11,20,23H,1-3,6-9,16H2,(H,21,22). The maximum absolute atomic E-state index is 11.4. The highest BCUT2D eigenvalue weighted by Gasteiger charge is 2.40. The Labute approximate surface area is 134 Å². The quantitative estimate of drug-likeness (QED) is 0.611. The molecule has 8 heteroatoms. The number of carboxylic acids is 1. The zero-order chi connectivity index (χ0) is 16.6. The van der Waals surface area contributed by atoms with Crippen molar-refractivity contribution in [1.82, 2.24) is 4.98 Å². The molecule has 0 radical (unpaired) electrons. The van der Waals surface area contributed by atoms with Crippen LogP contribution >= 0.6 is 0 Å². The van der Waals surface area contributed by atoms with Crippen LogP contribution in [-0.4, -0.2) is 57.7 Å². The SMILES string of the molecule is Nc1ccc(N2CCCC2(O)CO)nc1N1CCCC1C(=O)O. The van der Waals surface area contributed by atoms with Crippen LogP contribution in [0.4, 0.5) is 17.3 Å². The summed E-state index contributed by atoms with van der Waals surface area (Å²) in [6.45, 7) is 0.785. The Hall–Kier alpha value is -2.06. The summed E-state index contributed by atoms with van der Waals surface area (Å²) in [6.07, 6.45) is 2.55. The fraction of sp³-hybridized carbons (Fsp3) is 0.600. The molecule has 2 saturated heterocycles. The summed E-state index contributed by atoms with van der Waals surface area (Å²) in [5.74, 6) is 0.0426. The van der Waals surface area contributed by atoms with Gasteiger partial charge in [-0.2, -0.15) is 0 Å². The van der Waals surface area contributed by atoms with Gasteiger partial charge in [-0.15, -0.1) is 0 Å². The van der Waals surface area contributed by atoms with Gasteiger partial charge in [0.15, 0.2) is 11.5 Å². The number of pyridine rings is 1. The summed E-state index contributed by atoms with van der Waals surface area (Å²) >= 11 is 0. The molecule has 3 rings (SSSR count). The molecule has 2 atom stereocenters. The van der Waals surface area contributed by atoms with Crippen LogP contribution < -0.4 is 15.5 Å². The second-order valence-corrected chi connectivity index (χ2v) is 6.17. The molecule has 5 N–H and O–H groups in total. The van der Waals surface area contributed by atoms with E-state index in [9.17, 15) is 20.1 Å². The third-order valence-corrected chi connectivity index (χ3v) is 4.69. The predicted molar refractivity (Wildman–Crippen MR) is 85.3 cm³/mol. The fourth-order valence-corrected chi connectivity index (χ4v) is 3.46. The lowest BCUT2D eigenvalue weighted by Crippen LogP contribution is -2.47. The molecule has 126 valence electrons. The highest BCUT2D eigenvalue weighted by atomic mass is 16.4. The van der Waals surface area contributed by atoms with Gasteiger partial charge in [-0.1, -0.05) is 0 Å². The minimum Gasteiger partial charge on any atom is -0.480 e. The number of aliphatic carboxylic acids is 1. The van der Waals surface area contributed by atoms with Crippen molar-refractivity contribution in [1.29, 1.82) is 0 Å². The zero-order valence-corrected chi connectivity index (χ0v) is 12.9. The average molecular weight is 322 g/mol. The Bertz CT molecular complexity index is 611. The number of anilines is 3. The van der Waals surface area contributed by atoms with Crippen LogP contribution in [0.25, 0.3) is 0 Å². The molecule has 8 nitrogen and oxygen atoms in total. The Balaban J connectivity index is 1.95. The lowest BCUT2D eigenvalue weighted by atomic mass is 10.1. The molecule has 0 saturated carbocycles. The zero-order valence-electron chi connectivity index (χ0n) is 12.9. The monoisotopic (exact) mass is 322 g/mol. The van der Waals surface area contributed by atoms with Gasteiger partial charge < -0.3 is 30.9 Å². The van der Waals surface area contributed by atoms with Crippen LogP contribution in [-0.2, 0) is 4.79 Å². The van der Waals surface area contributed by atoms with Gasteiger partial charge in [-0.3, -0.25) is 0 Å². The van der Waals surface area contributed by atoms with E-state index < -0.39 is 17.7 Å². The predicted octanol–water partition coefficient (Wildman–Crippen LogP) is -0.00170. The number of aromatic nitrogens is 1. The smallest absolute Gasteiger partial charge is 0.326 e. The van der Waals surface area contributed by atoms with E-state index in [1.54, 1.807) is 21.9 Å². The molecule has 1 aromatic heterocycles. The van der Waals surface area contributed by atoms with Crippen LogP contribution in [0.5, 0.6) is 0 Å². The van der Waals surface area contributed by atoms with Crippen molar-refractivity contribution in [2.45, 2.75) is 37.5 Å². The van der Waals surface area contributed by atoms with E-state index in [4.69, 9.17) is 5.73 Å². The van der Waals surface area contributed by atoms with Crippen molar-refractivity contribution in [3.05, 3.63) is 12.1 Å². The summed E-state index contributed by atoms with van der Waals surface area (Å²) in [4.78, 5) is 19.3. The van der Waals surface area contributed by atoms with Gasteiger partial charge in [0, 0.05) is 13.1 Å². The third kappa shape index (κ3) is 2.68. The molecule has 2 fully saturated rings. The first-order valence-corrected chi connectivity index (χ1v) is 7.83. The second-order valence-electron chi connectivity index (χ2n) is 6.17. The maximum atomic E-state index is 11.4. The largest absolute Gasteiger partial charge is 0.480 e. The van der Waals surface area contributed by atoms with Crippen LogP contribution in [0.3, 0.4) is 0 Å². The van der Waals surface area contributed by atoms with Crippen molar-refractivity contribution in [3.8, 4) is 0 Å². The van der Waals surface area contributed by atoms with E-state index in [1.165, 1.54) is 0 Å². The van der Waals surface area contributed by atoms with Crippen molar-refractivity contribution >= 4 is 23.3 Å². The van der Waals surface area contributed by atoms with Gasteiger partial charge in [0.25, 0.3) is 0 Å². The molecule has 1 aromatic rings. The van der Waals surface area contributed by atoms with E-state index in [-0.39, 0.29) is 6.61 Å². The minimum absolute atomic E-state index is 0.379. The van der Waals surface area contributed by atoms with E-state index in [0.29, 0.717) is 43.3 Å². The Morgan fingerprint density at radius 3 is 2.87 bits per heavy atom. The number of carbonyl (C=O) groups is 1. The van der Waals surface area contributed by atoms with Crippen molar-refractivity contribution in [2.75, 3.05) is 35.2 Å². The number of hydrogen-bond acceptors (Lipinski definition) is 7. The number of carboxylic acid groups (broad SMARTS) is 1. The summed E-state index contributed by atoms with van der Waals surface area (Å²) in [5, 5.41) is 29.3. The Morgan fingerprint density at radius 2 is 2.17 bits per heavy atom. The topological polar surface area (TPSA) is 123 Å². The molecule has 2 unspecified atom stereocenters. The number of aliphatic hydroxyl groups is 2. The highest BCUT2D eigenvalue weighted by Crippen LogP contribution is 2.35. The van der Waals surface area contributed by atoms with Gasteiger partial charge in [0.05, 0.1) is 12.3 Å². The molecule has 0 spiro atoms. The molecular weight excluding hydrogens is 300 g/mol. The van der Waals surface area contributed by atoms with Crippen LogP contribution in [0.1, 0.15) is 25.7 Å². The maximum Gasteiger partial charge on any atom is 0.326 e. The summed E-state index contributed by atoms with van der Waals surface area (Å²) in [5.41, 5.74) is 5.09. The lowest BCUT2D eigenvalue weighted by Gasteiger charge is -2.34. The number of aliphatic hydroxyl groups excluding tert-OH is 1. The van der Waals surface area contributed by atoms with Gasteiger partial charge >= 0.3 is 5.97 Å². The van der Waals surface area contributed by atoms with Crippen molar-refractivity contribution in [2.24, 2.45) is 0 Å². The molecule has 0 amide bonds. The molecule has 0 aliphatic carbocycles. The Morgan fingerprint density at radius 1 is 1.39 bits per heavy atom. The number of hydrogen-bond donors (Lipinski definition) is 4. The van der Waals surface area contributed by atoms with Gasteiger partial charge in [0.1, 0.15) is 11.9 Å². The van der Waals surface area contributed by atoms with Gasteiger partial charge in [-0.05, 0) is 37.8 Å². The van der Waals surface area contributed by atoms with E-state index in [1.807, 2.05) is 0 Å². The molecule has 23 heavy (non-hydrogen) atoms. The summed E-state index contributed by atoms with van der Waals surface area (Å²) in [6, 6.07) is 2.73. The average Bonchev–Trinajstić information content (AvgIpc) is 3.15. The first-order chi connectivity index (χ1) is 11.0. The van der Waals surface area contributed by atoms with Crippen molar-refractivity contribution < 1.29 is 20.1 Å². The van der Waals surface area contributed by atoms with Crippen LogP contribution in [0.15, 0.2) is 12.1 Å². The summed E-state index contributed by atoms with van der Waals surface area (Å²) in [7, 11) is 0. The first-order valence-electron chi connectivity index (χ1n) is 7.83.